The van der Waals surface area contributed by atoms with E-state index in [1.807, 2.05) is 36.4 Å². The van der Waals surface area contributed by atoms with Gasteiger partial charge in [-0.15, -0.1) is 0 Å². The highest BCUT2D eigenvalue weighted by Crippen LogP contribution is 2.23. The number of para-hydroxylation sites is 1. The second kappa shape index (κ2) is 14.5. The predicted octanol–water partition coefficient (Wildman–Crippen LogP) is 3.26. The lowest BCUT2D eigenvalue weighted by atomic mass is 10.1. The smallest absolute Gasteiger partial charge is 0.413 e. The second-order valence-corrected chi connectivity index (χ2v) is 9.95. The number of hydrogen-bond donors (Lipinski definition) is 5. The number of carbonyl (C=O) groups excluding carboxylic acids is 3. The number of amides is 4. The van der Waals surface area contributed by atoms with Gasteiger partial charge in [-0.1, -0.05) is 72.8 Å². The fraction of sp³-hybridized carbons (Fsp3) is 0.258. The first-order valence-electron chi connectivity index (χ1n) is 13.6. The van der Waals surface area contributed by atoms with Crippen LogP contribution in [-0.2, 0) is 27.5 Å². The van der Waals surface area contributed by atoms with Crippen molar-refractivity contribution in [2.45, 2.75) is 44.7 Å². The number of nitrogens with zero attached hydrogens (tertiary/aromatic N) is 1. The molecule has 224 valence electrons. The Kier molecular flexibility index (Phi) is 10.3. The summed E-state index contributed by atoms with van der Waals surface area (Å²) in [4.78, 5) is 50.4. The van der Waals surface area contributed by atoms with E-state index in [4.69, 9.17) is 14.9 Å². The van der Waals surface area contributed by atoms with Crippen LogP contribution in [0.15, 0.2) is 84.9 Å². The van der Waals surface area contributed by atoms with Crippen molar-refractivity contribution in [1.82, 2.24) is 20.9 Å². The van der Waals surface area contributed by atoms with Gasteiger partial charge in [0.2, 0.25) is 11.8 Å². The summed E-state index contributed by atoms with van der Waals surface area (Å²) in [5, 5.41) is 25.4. The third-order valence-electron chi connectivity index (χ3n) is 6.76. The van der Waals surface area contributed by atoms with Crippen molar-refractivity contribution in [3.63, 3.8) is 0 Å². The third kappa shape index (κ3) is 8.80. The lowest BCUT2D eigenvalue weighted by Crippen LogP contribution is -2.51. The van der Waals surface area contributed by atoms with Crippen LogP contribution in [0.4, 0.5) is 9.59 Å². The number of amidine groups is 1. The lowest BCUT2D eigenvalue weighted by molar-refractivity contribution is -0.130. The molecule has 0 spiro atoms. The normalized spacial score (nSPS) is 16.4. The molecule has 0 bridgehead atoms. The molecule has 43 heavy (non-hydrogen) atoms. The molecule has 12 heteroatoms. The number of alkyl carbamates (subject to hydrolysis) is 1. The van der Waals surface area contributed by atoms with Crippen molar-refractivity contribution < 1.29 is 33.8 Å². The molecular weight excluding hydrogens is 554 g/mol. The van der Waals surface area contributed by atoms with E-state index in [1.54, 1.807) is 48.5 Å². The van der Waals surface area contributed by atoms with E-state index in [1.165, 1.54) is 6.92 Å². The van der Waals surface area contributed by atoms with Crippen LogP contribution < -0.4 is 20.7 Å². The maximum Gasteiger partial charge on any atom is 0.413 e. The Morgan fingerprint density at radius 2 is 1.60 bits per heavy atom. The van der Waals surface area contributed by atoms with E-state index in [0.29, 0.717) is 11.3 Å². The largest absolute Gasteiger partial charge is 0.488 e. The first kappa shape index (κ1) is 30.6. The number of benzene rings is 3. The average molecular weight is 588 g/mol. The van der Waals surface area contributed by atoms with E-state index in [9.17, 15) is 24.3 Å². The molecule has 0 aromatic heterocycles. The van der Waals surface area contributed by atoms with E-state index in [0.717, 1.165) is 16.0 Å². The maximum absolute atomic E-state index is 12.9. The summed E-state index contributed by atoms with van der Waals surface area (Å²) in [5.74, 6) is -0.593. The van der Waals surface area contributed by atoms with Gasteiger partial charge in [0.25, 0.3) is 0 Å². The molecule has 4 amide bonds. The van der Waals surface area contributed by atoms with Crippen LogP contribution in [0.1, 0.15) is 30.0 Å². The van der Waals surface area contributed by atoms with Gasteiger partial charge in [-0.3, -0.25) is 25.2 Å². The number of rotatable bonds is 10. The molecule has 3 atom stereocenters. The van der Waals surface area contributed by atoms with Crippen molar-refractivity contribution in [2.75, 3.05) is 6.54 Å². The number of carboxylic acid groups (broad SMARTS) is 1. The highest BCUT2D eigenvalue weighted by molar-refractivity contribution is 6.04. The second-order valence-electron chi connectivity index (χ2n) is 9.95. The number of ether oxygens (including phenoxy) is 2. The SMILES string of the molecule is CC(NC(=O)[C@H]1C[C@H](Oc2ccccc2)CN1C(=O)O)C(=O)NCc1ccc(C(=N)NC(=O)OCc2ccccc2)cc1. The summed E-state index contributed by atoms with van der Waals surface area (Å²) in [7, 11) is 0. The molecule has 0 aliphatic carbocycles. The first-order chi connectivity index (χ1) is 20.7. The Bertz CT molecular complexity index is 1430. The van der Waals surface area contributed by atoms with Gasteiger partial charge in [0, 0.05) is 18.5 Å². The Hall–Kier alpha value is -5.39. The van der Waals surface area contributed by atoms with Crippen molar-refractivity contribution in [3.05, 3.63) is 102 Å². The van der Waals surface area contributed by atoms with Gasteiger partial charge < -0.3 is 25.2 Å². The van der Waals surface area contributed by atoms with Gasteiger partial charge >= 0.3 is 12.2 Å². The lowest BCUT2D eigenvalue weighted by Gasteiger charge is -2.22. The summed E-state index contributed by atoms with van der Waals surface area (Å²) in [6.07, 6.45) is -2.34. The molecule has 5 N–H and O–H groups in total. The van der Waals surface area contributed by atoms with Gasteiger partial charge in [0.15, 0.2) is 0 Å². The molecule has 3 aromatic carbocycles. The van der Waals surface area contributed by atoms with E-state index in [2.05, 4.69) is 16.0 Å². The van der Waals surface area contributed by atoms with Gasteiger partial charge in [0.05, 0.1) is 6.54 Å². The van der Waals surface area contributed by atoms with E-state index in [-0.39, 0.29) is 32.0 Å². The number of nitrogens with one attached hydrogen (secondary N) is 4. The maximum atomic E-state index is 12.9. The molecule has 0 saturated carbocycles. The zero-order chi connectivity index (χ0) is 30.8. The predicted molar refractivity (Wildman–Crippen MR) is 156 cm³/mol. The van der Waals surface area contributed by atoms with Crippen molar-refractivity contribution >= 4 is 29.8 Å². The molecular formula is C31H33N5O7. The first-order valence-corrected chi connectivity index (χ1v) is 13.6. The molecule has 1 aliphatic rings. The zero-order valence-electron chi connectivity index (χ0n) is 23.5. The summed E-state index contributed by atoms with van der Waals surface area (Å²) in [6.45, 7) is 1.77. The Morgan fingerprint density at radius 3 is 2.26 bits per heavy atom. The van der Waals surface area contributed by atoms with Crippen molar-refractivity contribution in [3.8, 4) is 5.75 Å². The van der Waals surface area contributed by atoms with E-state index >= 15 is 0 Å². The van der Waals surface area contributed by atoms with Crippen molar-refractivity contribution in [1.29, 1.82) is 5.41 Å². The molecule has 1 unspecified atom stereocenters. The number of carbonyl (C=O) groups is 4. The fourth-order valence-corrected chi connectivity index (χ4v) is 4.47. The van der Waals surface area contributed by atoms with Crippen LogP contribution in [0.25, 0.3) is 0 Å². The molecule has 4 rings (SSSR count). The number of hydrogen-bond acceptors (Lipinski definition) is 7. The highest BCUT2D eigenvalue weighted by Gasteiger charge is 2.41. The standard InChI is InChI=1S/C31H33N5O7/c1-20(34-29(38)26-16-25(18-36(26)31(40)41)43-24-10-6-3-7-11-24)28(37)33-17-21-12-14-23(15-13-21)27(32)35-30(39)42-19-22-8-4-2-5-9-22/h2-15,20,25-26H,16-19H2,1H3,(H,33,37)(H,34,38)(H,40,41)(H2,32,35,39)/t20?,25-,26+/m0/s1. The number of likely N-dealkylation sites (tertiary alicyclic amines) is 1. The Morgan fingerprint density at radius 1 is 0.953 bits per heavy atom. The van der Waals surface area contributed by atoms with Crippen LogP contribution in [0, 0.1) is 5.41 Å². The van der Waals surface area contributed by atoms with Crippen LogP contribution in [0.3, 0.4) is 0 Å². The van der Waals surface area contributed by atoms with Crippen LogP contribution in [0.2, 0.25) is 0 Å². The summed E-state index contributed by atoms with van der Waals surface area (Å²) < 4.78 is 11.0. The minimum absolute atomic E-state index is 0.0285. The highest BCUT2D eigenvalue weighted by atomic mass is 16.5. The van der Waals surface area contributed by atoms with Crippen LogP contribution >= 0.6 is 0 Å². The monoisotopic (exact) mass is 587 g/mol. The summed E-state index contributed by atoms with van der Waals surface area (Å²) in [6, 6.07) is 22.8. The minimum atomic E-state index is -1.24. The average Bonchev–Trinajstić information content (AvgIpc) is 3.44. The zero-order valence-corrected chi connectivity index (χ0v) is 23.5. The summed E-state index contributed by atoms with van der Waals surface area (Å²) >= 11 is 0. The molecule has 1 heterocycles. The molecule has 1 fully saturated rings. The third-order valence-corrected chi connectivity index (χ3v) is 6.76. The Labute approximate surface area is 248 Å². The van der Waals surface area contributed by atoms with E-state index < -0.39 is 42.2 Å². The summed E-state index contributed by atoms with van der Waals surface area (Å²) in [5.41, 5.74) is 2.00. The fourth-order valence-electron chi connectivity index (χ4n) is 4.47. The van der Waals surface area contributed by atoms with Gasteiger partial charge in [-0.25, -0.2) is 9.59 Å². The van der Waals surface area contributed by atoms with Gasteiger partial charge in [-0.2, -0.15) is 0 Å². The van der Waals surface area contributed by atoms with Crippen molar-refractivity contribution in [2.24, 2.45) is 0 Å². The topological polar surface area (TPSA) is 170 Å². The Balaban J connectivity index is 1.22. The van der Waals surface area contributed by atoms with Crippen LogP contribution in [0.5, 0.6) is 5.75 Å². The molecule has 1 aliphatic heterocycles. The van der Waals surface area contributed by atoms with Gasteiger partial charge in [0.1, 0.15) is 36.4 Å². The quantitative estimate of drug-likeness (QED) is 0.179. The van der Waals surface area contributed by atoms with Gasteiger partial charge in [-0.05, 0) is 30.2 Å². The molecule has 12 nitrogen and oxygen atoms in total. The molecule has 3 aromatic rings. The molecule has 0 radical (unpaired) electrons. The molecule has 1 saturated heterocycles. The minimum Gasteiger partial charge on any atom is -0.488 e. The van der Waals surface area contributed by atoms with Crippen LogP contribution in [-0.4, -0.2) is 64.6 Å².